The number of nitrogens with zero attached hydrogens (tertiary/aromatic N) is 1. The average molecular weight is 303 g/mol. The Bertz CT molecular complexity index is 602. The molecule has 0 saturated carbocycles. The fourth-order valence-electron chi connectivity index (χ4n) is 1.76. The molecule has 1 aromatic rings. The van der Waals surface area contributed by atoms with Crippen molar-refractivity contribution >= 4 is 15.9 Å². The summed E-state index contributed by atoms with van der Waals surface area (Å²) in [6.45, 7) is 3.29. The van der Waals surface area contributed by atoms with Crippen molar-refractivity contribution in [1.29, 1.82) is 0 Å². The molecule has 0 aliphatic rings. The van der Waals surface area contributed by atoms with Gasteiger partial charge in [-0.25, -0.2) is 17.5 Å². The molecule has 0 bridgehead atoms. The maximum atomic E-state index is 13.0. The minimum absolute atomic E-state index is 0.0110. The van der Waals surface area contributed by atoms with Gasteiger partial charge in [0, 0.05) is 12.5 Å². The van der Waals surface area contributed by atoms with Crippen molar-refractivity contribution in [3.05, 3.63) is 29.6 Å². The molecule has 1 rings (SSSR count). The third kappa shape index (κ3) is 4.17. The van der Waals surface area contributed by atoms with Gasteiger partial charge >= 0.3 is 0 Å². The van der Waals surface area contributed by atoms with E-state index >= 15 is 0 Å². The number of nitrogens with two attached hydrogens (primary N) is 1. The second-order valence-electron chi connectivity index (χ2n) is 4.43. The van der Waals surface area contributed by atoms with Crippen LogP contribution in [-0.2, 0) is 10.0 Å². The van der Waals surface area contributed by atoms with E-state index in [-0.39, 0.29) is 17.2 Å². The lowest BCUT2D eigenvalue weighted by molar-refractivity contribution is 0.316. The summed E-state index contributed by atoms with van der Waals surface area (Å²) in [4.78, 5) is 0.0110. The molecule has 8 heteroatoms. The van der Waals surface area contributed by atoms with Gasteiger partial charge < -0.3 is 10.9 Å². The van der Waals surface area contributed by atoms with Crippen LogP contribution in [0.3, 0.4) is 0 Å². The molecular weight excluding hydrogens is 285 g/mol. The molecule has 0 aliphatic carbocycles. The number of hydrogen-bond acceptors (Lipinski definition) is 4. The molecule has 0 aliphatic heterocycles. The highest BCUT2D eigenvalue weighted by molar-refractivity contribution is 7.89. The van der Waals surface area contributed by atoms with Gasteiger partial charge in [-0.1, -0.05) is 12.1 Å². The molecule has 4 N–H and O–H groups in total. The fraction of sp³-hybridized carbons (Fsp3) is 0.417. The minimum atomic E-state index is -3.78. The zero-order valence-corrected chi connectivity index (χ0v) is 12.1. The standard InChI is InChI=1S/C12H18FN3O3S/c1-3-10(7-12(14)15-17)16-20(18,19)11-5-4-9(13)6-8(11)2/h4-6,10,16-17H,3,7H2,1-2H3,(H2,14,15). The van der Waals surface area contributed by atoms with Crippen LogP contribution >= 0.6 is 0 Å². The van der Waals surface area contributed by atoms with Gasteiger partial charge in [0.15, 0.2) is 0 Å². The summed E-state index contributed by atoms with van der Waals surface area (Å²) in [5, 5.41) is 11.3. The van der Waals surface area contributed by atoms with Gasteiger partial charge in [-0.3, -0.25) is 0 Å². The molecule has 0 fully saturated rings. The van der Waals surface area contributed by atoms with Gasteiger partial charge in [-0.15, -0.1) is 0 Å². The Labute approximate surface area is 117 Å². The first-order chi connectivity index (χ1) is 9.30. The van der Waals surface area contributed by atoms with Crippen LogP contribution in [0.4, 0.5) is 4.39 Å². The van der Waals surface area contributed by atoms with Gasteiger partial charge in [-0.2, -0.15) is 0 Å². The molecule has 0 spiro atoms. The summed E-state index contributed by atoms with van der Waals surface area (Å²) in [5.74, 6) is -0.555. The van der Waals surface area contributed by atoms with Crippen LogP contribution < -0.4 is 10.5 Å². The molecule has 0 heterocycles. The summed E-state index contributed by atoms with van der Waals surface area (Å²) in [6, 6.07) is 2.95. The number of halogens is 1. The molecule has 1 aromatic carbocycles. The number of aryl methyl sites for hydroxylation is 1. The van der Waals surface area contributed by atoms with Gasteiger partial charge in [0.2, 0.25) is 10.0 Å². The minimum Gasteiger partial charge on any atom is -0.409 e. The van der Waals surface area contributed by atoms with E-state index in [4.69, 9.17) is 10.9 Å². The van der Waals surface area contributed by atoms with Crippen molar-refractivity contribution in [3.63, 3.8) is 0 Å². The number of nitrogens with one attached hydrogen (secondary N) is 1. The number of hydrogen-bond donors (Lipinski definition) is 3. The van der Waals surface area contributed by atoms with Gasteiger partial charge in [0.25, 0.3) is 0 Å². The molecule has 6 nitrogen and oxygen atoms in total. The zero-order valence-electron chi connectivity index (χ0n) is 11.3. The fourth-order valence-corrected chi connectivity index (χ4v) is 3.31. The maximum Gasteiger partial charge on any atom is 0.241 e. The summed E-state index contributed by atoms with van der Waals surface area (Å²) in [7, 11) is -3.78. The Morgan fingerprint density at radius 2 is 2.20 bits per heavy atom. The van der Waals surface area contributed by atoms with Crippen LogP contribution in [0.1, 0.15) is 25.3 Å². The molecule has 0 amide bonds. The Kier molecular flexibility index (Phi) is 5.46. The summed E-state index contributed by atoms with van der Waals surface area (Å²) < 4.78 is 39.9. The first kappa shape index (κ1) is 16.4. The van der Waals surface area contributed by atoms with Crippen molar-refractivity contribution in [2.24, 2.45) is 10.9 Å². The Hall–Kier alpha value is -1.67. The van der Waals surface area contributed by atoms with Crippen molar-refractivity contribution in [1.82, 2.24) is 4.72 Å². The van der Waals surface area contributed by atoms with Crippen LogP contribution in [0, 0.1) is 12.7 Å². The van der Waals surface area contributed by atoms with E-state index in [2.05, 4.69) is 9.88 Å². The molecule has 112 valence electrons. The highest BCUT2D eigenvalue weighted by atomic mass is 32.2. The summed E-state index contributed by atoms with van der Waals surface area (Å²) in [5.41, 5.74) is 5.69. The highest BCUT2D eigenvalue weighted by Gasteiger charge is 2.21. The van der Waals surface area contributed by atoms with Crippen LogP contribution in [-0.4, -0.2) is 25.5 Å². The molecule has 0 aromatic heterocycles. The van der Waals surface area contributed by atoms with Gasteiger partial charge in [0.05, 0.1) is 4.90 Å². The van der Waals surface area contributed by atoms with E-state index in [1.807, 2.05) is 0 Å². The third-order valence-corrected chi connectivity index (χ3v) is 4.51. The molecule has 0 saturated heterocycles. The number of sulfonamides is 1. The number of benzene rings is 1. The van der Waals surface area contributed by atoms with Crippen molar-refractivity contribution in [2.45, 2.75) is 37.6 Å². The Balaban J connectivity index is 2.98. The third-order valence-electron chi connectivity index (χ3n) is 2.83. The van der Waals surface area contributed by atoms with Crippen molar-refractivity contribution in [2.75, 3.05) is 0 Å². The van der Waals surface area contributed by atoms with Crippen molar-refractivity contribution < 1.29 is 18.0 Å². The predicted octanol–water partition coefficient (Wildman–Crippen LogP) is 1.33. The van der Waals surface area contributed by atoms with Crippen LogP contribution in [0.25, 0.3) is 0 Å². The molecule has 1 unspecified atom stereocenters. The topological polar surface area (TPSA) is 105 Å². The SMILES string of the molecule is CCC(CC(N)=NO)NS(=O)(=O)c1ccc(F)cc1C. The number of amidine groups is 1. The van der Waals surface area contributed by atoms with E-state index in [1.54, 1.807) is 6.92 Å². The molecule has 20 heavy (non-hydrogen) atoms. The summed E-state index contributed by atoms with van der Waals surface area (Å²) >= 11 is 0. The lowest BCUT2D eigenvalue weighted by Gasteiger charge is -2.17. The second kappa shape index (κ2) is 6.67. The highest BCUT2D eigenvalue weighted by Crippen LogP contribution is 2.17. The molecular formula is C12H18FN3O3S. The lowest BCUT2D eigenvalue weighted by atomic mass is 10.1. The monoisotopic (exact) mass is 303 g/mol. The van der Waals surface area contributed by atoms with E-state index in [0.29, 0.717) is 12.0 Å². The maximum absolute atomic E-state index is 13.0. The Morgan fingerprint density at radius 3 is 2.70 bits per heavy atom. The summed E-state index contributed by atoms with van der Waals surface area (Å²) in [6.07, 6.45) is 0.558. The average Bonchev–Trinajstić information content (AvgIpc) is 2.36. The van der Waals surface area contributed by atoms with E-state index in [0.717, 1.165) is 12.1 Å². The zero-order chi connectivity index (χ0) is 15.3. The second-order valence-corrected chi connectivity index (χ2v) is 6.11. The van der Waals surface area contributed by atoms with Gasteiger partial charge in [-0.05, 0) is 37.1 Å². The van der Waals surface area contributed by atoms with Crippen LogP contribution in [0.2, 0.25) is 0 Å². The van der Waals surface area contributed by atoms with E-state index in [1.165, 1.54) is 13.0 Å². The van der Waals surface area contributed by atoms with E-state index < -0.39 is 21.9 Å². The quantitative estimate of drug-likeness (QED) is 0.319. The first-order valence-electron chi connectivity index (χ1n) is 6.05. The normalized spacial score (nSPS) is 14.2. The van der Waals surface area contributed by atoms with Gasteiger partial charge in [0.1, 0.15) is 11.7 Å². The smallest absolute Gasteiger partial charge is 0.241 e. The first-order valence-corrected chi connectivity index (χ1v) is 7.53. The van der Waals surface area contributed by atoms with Crippen LogP contribution in [0.15, 0.2) is 28.3 Å². The van der Waals surface area contributed by atoms with E-state index in [9.17, 15) is 12.8 Å². The van der Waals surface area contributed by atoms with Crippen molar-refractivity contribution in [3.8, 4) is 0 Å². The number of rotatable bonds is 6. The largest absolute Gasteiger partial charge is 0.409 e. The molecule has 0 radical (unpaired) electrons. The lowest BCUT2D eigenvalue weighted by Crippen LogP contribution is -2.37. The Morgan fingerprint density at radius 1 is 1.55 bits per heavy atom. The van der Waals surface area contributed by atoms with Crippen LogP contribution in [0.5, 0.6) is 0 Å². The predicted molar refractivity (Wildman–Crippen MR) is 73.6 cm³/mol. The molecule has 1 atom stereocenters. The number of oxime groups is 1.